The molecule has 11 nitrogen and oxygen atoms in total. The number of unbranched alkanes of at least 4 members (excludes halogenated alkanes) is 1. The number of aliphatic hydroxyl groups excluding tert-OH is 1. The molecule has 2 unspecified atom stereocenters. The SMILES string of the molecule is CCCC[C@@]1(OC(=O)CCC(=O)O)CC[C@]2(CC[C@H](C)[C@@H](CCC(C)CC[C@H](O)[C@@H](C)CCC(=O)O)O2)O[C@H]1CCC(C)CC(=O)O. The van der Waals surface area contributed by atoms with E-state index < -0.39 is 47.5 Å². The van der Waals surface area contributed by atoms with Gasteiger partial charge in [0, 0.05) is 25.7 Å². The summed E-state index contributed by atoms with van der Waals surface area (Å²) in [6, 6.07) is 0. The quantitative estimate of drug-likeness (QED) is 0.0875. The minimum atomic E-state index is -1.06. The zero-order valence-electron chi connectivity index (χ0n) is 29.4. The molecule has 0 amide bonds. The summed E-state index contributed by atoms with van der Waals surface area (Å²) in [6.45, 7) is 10.2. The molecule has 9 atom stereocenters. The van der Waals surface area contributed by atoms with Crippen molar-refractivity contribution in [2.24, 2.45) is 23.7 Å². The molecule has 2 aliphatic heterocycles. The molecule has 0 aromatic heterocycles. The van der Waals surface area contributed by atoms with Gasteiger partial charge < -0.3 is 34.6 Å². The van der Waals surface area contributed by atoms with Crippen LogP contribution in [0.4, 0.5) is 0 Å². The molecule has 0 bridgehead atoms. The molecule has 2 heterocycles. The van der Waals surface area contributed by atoms with E-state index in [1.807, 2.05) is 13.8 Å². The fourth-order valence-electron chi connectivity index (χ4n) is 7.14. The lowest BCUT2D eigenvalue weighted by Crippen LogP contribution is -2.60. The second-order valence-corrected chi connectivity index (χ2v) is 14.7. The molecular formula is C36H62O11. The monoisotopic (exact) mass is 670 g/mol. The molecular weight excluding hydrogens is 608 g/mol. The molecule has 0 aromatic rings. The van der Waals surface area contributed by atoms with Gasteiger partial charge in [-0.25, -0.2) is 0 Å². The van der Waals surface area contributed by atoms with E-state index in [9.17, 15) is 29.4 Å². The van der Waals surface area contributed by atoms with Gasteiger partial charge >= 0.3 is 23.9 Å². The summed E-state index contributed by atoms with van der Waals surface area (Å²) in [5, 5.41) is 37.9. The van der Waals surface area contributed by atoms with E-state index in [4.69, 9.17) is 24.4 Å². The number of carbonyl (C=O) groups is 4. The minimum absolute atomic E-state index is 0.0292. The predicted octanol–water partition coefficient (Wildman–Crippen LogP) is 6.96. The lowest BCUT2D eigenvalue weighted by atomic mass is 9.76. The van der Waals surface area contributed by atoms with Gasteiger partial charge in [0.05, 0.1) is 25.0 Å². The van der Waals surface area contributed by atoms with E-state index in [1.165, 1.54) is 0 Å². The van der Waals surface area contributed by atoms with Crippen LogP contribution >= 0.6 is 0 Å². The first kappa shape index (κ1) is 40.9. The van der Waals surface area contributed by atoms with Crippen molar-refractivity contribution in [1.82, 2.24) is 0 Å². The second-order valence-electron chi connectivity index (χ2n) is 14.7. The van der Waals surface area contributed by atoms with Crippen LogP contribution in [0.3, 0.4) is 0 Å². The number of carboxylic acid groups (broad SMARTS) is 3. The third-order valence-corrected chi connectivity index (χ3v) is 10.5. The van der Waals surface area contributed by atoms with Gasteiger partial charge in [-0.2, -0.15) is 0 Å². The maximum absolute atomic E-state index is 12.9. The Labute approximate surface area is 281 Å². The van der Waals surface area contributed by atoms with E-state index in [1.54, 1.807) is 0 Å². The summed E-state index contributed by atoms with van der Waals surface area (Å²) in [7, 11) is 0. The Morgan fingerprint density at radius 3 is 2.13 bits per heavy atom. The van der Waals surface area contributed by atoms with Crippen LogP contribution in [0.1, 0.15) is 150 Å². The number of hydrogen-bond donors (Lipinski definition) is 4. The summed E-state index contributed by atoms with van der Waals surface area (Å²) in [5.74, 6) is -3.64. The molecule has 0 aliphatic carbocycles. The molecule has 4 N–H and O–H groups in total. The van der Waals surface area contributed by atoms with Crippen molar-refractivity contribution in [1.29, 1.82) is 0 Å². The lowest BCUT2D eigenvalue weighted by molar-refractivity contribution is -0.355. The Bertz CT molecular complexity index is 1000. The van der Waals surface area contributed by atoms with Crippen LogP contribution in [0.15, 0.2) is 0 Å². The number of carboxylic acids is 3. The topological polar surface area (TPSA) is 177 Å². The standard InChI is InChI=1S/C36H62O11/c1-6-7-19-35(47-34(44)17-16-32(40)41)21-22-36(46-30(35)14-10-25(3)23-33(42)43)20-18-27(5)29(45-36)13-9-24(2)8-12-28(37)26(4)11-15-31(38)39/h24-30,37H,6-23H2,1-5H3,(H,38,39)(H,40,41)(H,42,43)/t24?,25?,26-,27-,28-,29+,30-,35+,36-/m0/s1. The maximum Gasteiger partial charge on any atom is 0.307 e. The molecule has 2 aliphatic rings. The van der Waals surface area contributed by atoms with E-state index in [0.29, 0.717) is 63.2 Å². The zero-order chi connectivity index (χ0) is 35.2. The van der Waals surface area contributed by atoms with Gasteiger partial charge in [0.15, 0.2) is 5.79 Å². The average Bonchev–Trinajstić information content (AvgIpc) is 3.01. The first-order valence-corrected chi connectivity index (χ1v) is 18.0. The summed E-state index contributed by atoms with van der Waals surface area (Å²) >= 11 is 0. The zero-order valence-corrected chi connectivity index (χ0v) is 29.4. The van der Waals surface area contributed by atoms with Crippen LogP contribution in [0.5, 0.6) is 0 Å². The van der Waals surface area contributed by atoms with Crippen molar-refractivity contribution < 1.29 is 53.8 Å². The van der Waals surface area contributed by atoms with Crippen LogP contribution in [0.25, 0.3) is 0 Å². The van der Waals surface area contributed by atoms with Crippen LogP contribution < -0.4 is 0 Å². The van der Waals surface area contributed by atoms with Gasteiger partial charge in [-0.15, -0.1) is 0 Å². The molecule has 0 radical (unpaired) electrons. The van der Waals surface area contributed by atoms with Crippen molar-refractivity contribution in [2.45, 2.75) is 180 Å². The van der Waals surface area contributed by atoms with Gasteiger partial charge in [-0.3, -0.25) is 19.2 Å². The van der Waals surface area contributed by atoms with Gasteiger partial charge in [-0.05, 0) is 94.3 Å². The van der Waals surface area contributed by atoms with Crippen molar-refractivity contribution >= 4 is 23.9 Å². The Kier molecular flexibility index (Phi) is 17.1. The minimum Gasteiger partial charge on any atom is -0.481 e. The van der Waals surface area contributed by atoms with E-state index in [2.05, 4.69) is 20.8 Å². The highest BCUT2D eigenvalue weighted by Crippen LogP contribution is 2.49. The second kappa shape index (κ2) is 19.7. The van der Waals surface area contributed by atoms with E-state index in [-0.39, 0.29) is 43.6 Å². The third kappa shape index (κ3) is 14.0. The predicted molar refractivity (Wildman–Crippen MR) is 176 cm³/mol. The van der Waals surface area contributed by atoms with Crippen LogP contribution in [-0.2, 0) is 33.4 Å². The van der Waals surface area contributed by atoms with Crippen LogP contribution in [0, 0.1) is 23.7 Å². The molecule has 11 heteroatoms. The lowest BCUT2D eigenvalue weighted by Gasteiger charge is -2.54. The van der Waals surface area contributed by atoms with Crippen molar-refractivity contribution in [2.75, 3.05) is 0 Å². The Hall–Kier alpha value is -2.24. The Morgan fingerprint density at radius 2 is 1.49 bits per heavy atom. The average molecular weight is 671 g/mol. The largest absolute Gasteiger partial charge is 0.481 e. The maximum atomic E-state index is 12.9. The molecule has 2 saturated heterocycles. The van der Waals surface area contributed by atoms with Gasteiger partial charge in [0.1, 0.15) is 11.7 Å². The fraction of sp³-hybridized carbons (Fsp3) is 0.889. The number of ether oxygens (including phenoxy) is 3. The molecule has 1 spiro atoms. The first-order valence-electron chi connectivity index (χ1n) is 18.0. The Balaban J connectivity index is 2.14. The van der Waals surface area contributed by atoms with E-state index in [0.717, 1.165) is 38.5 Å². The number of esters is 1. The Morgan fingerprint density at radius 1 is 0.809 bits per heavy atom. The molecule has 2 rings (SSSR count). The van der Waals surface area contributed by atoms with Gasteiger partial charge in [0.2, 0.25) is 0 Å². The van der Waals surface area contributed by atoms with Crippen LogP contribution in [0.2, 0.25) is 0 Å². The molecule has 2 fully saturated rings. The summed E-state index contributed by atoms with van der Waals surface area (Å²) in [5.41, 5.74) is -0.932. The summed E-state index contributed by atoms with van der Waals surface area (Å²) in [4.78, 5) is 46.3. The highest BCUT2D eigenvalue weighted by atomic mass is 16.7. The van der Waals surface area contributed by atoms with Gasteiger partial charge in [0.25, 0.3) is 0 Å². The number of aliphatic hydroxyl groups is 1. The number of aliphatic carboxylic acids is 3. The summed E-state index contributed by atoms with van der Waals surface area (Å²) in [6.07, 6.45) is 8.21. The van der Waals surface area contributed by atoms with Crippen molar-refractivity contribution in [3.05, 3.63) is 0 Å². The highest BCUT2D eigenvalue weighted by molar-refractivity contribution is 5.76. The van der Waals surface area contributed by atoms with Gasteiger partial charge in [-0.1, -0.05) is 41.0 Å². The van der Waals surface area contributed by atoms with Crippen molar-refractivity contribution in [3.63, 3.8) is 0 Å². The summed E-state index contributed by atoms with van der Waals surface area (Å²) < 4.78 is 19.9. The normalized spacial score (nSPS) is 28.7. The number of hydrogen-bond acceptors (Lipinski definition) is 8. The molecule has 0 aromatic carbocycles. The molecule has 47 heavy (non-hydrogen) atoms. The number of carbonyl (C=O) groups excluding carboxylic acids is 1. The molecule has 272 valence electrons. The fourth-order valence-corrected chi connectivity index (χ4v) is 7.14. The van der Waals surface area contributed by atoms with Crippen molar-refractivity contribution in [3.8, 4) is 0 Å². The smallest absolute Gasteiger partial charge is 0.307 e. The third-order valence-electron chi connectivity index (χ3n) is 10.5. The first-order chi connectivity index (χ1) is 22.1. The number of rotatable bonds is 22. The van der Waals surface area contributed by atoms with E-state index >= 15 is 0 Å². The molecule has 0 saturated carbocycles. The van der Waals surface area contributed by atoms with Crippen LogP contribution in [-0.4, -0.2) is 74.0 Å². The highest BCUT2D eigenvalue weighted by Gasteiger charge is 2.54.